The molecule has 1 aliphatic rings. The van der Waals surface area contributed by atoms with Gasteiger partial charge in [-0.15, -0.1) is 0 Å². The molecule has 0 saturated carbocycles. The van der Waals surface area contributed by atoms with E-state index < -0.39 is 6.67 Å². The predicted molar refractivity (Wildman–Crippen MR) is 82.9 cm³/mol. The van der Waals surface area contributed by atoms with E-state index in [-0.39, 0.29) is 0 Å². The van der Waals surface area contributed by atoms with Gasteiger partial charge in [-0.1, -0.05) is 12.1 Å². The lowest BCUT2D eigenvalue weighted by molar-refractivity contribution is 0.253. The van der Waals surface area contributed by atoms with Crippen LogP contribution in [-0.2, 0) is 6.67 Å². The number of piperazine rings is 1. The van der Waals surface area contributed by atoms with Gasteiger partial charge in [0.05, 0.1) is 11.3 Å². The van der Waals surface area contributed by atoms with Gasteiger partial charge in [-0.25, -0.2) is 4.39 Å². The Morgan fingerprint density at radius 3 is 2.57 bits per heavy atom. The Morgan fingerprint density at radius 2 is 1.95 bits per heavy atom. The zero-order valence-electron chi connectivity index (χ0n) is 12.4. The van der Waals surface area contributed by atoms with Gasteiger partial charge in [-0.3, -0.25) is 4.90 Å². The zero-order chi connectivity index (χ0) is 15.1. The third-order valence-corrected chi connectivity index (χ3v) is 4.03. The number of alkyl halides is 1. The first kappa shape index (κ1) is 15.7. The Bertz CT molecular complexity index is 490. The van der Waals surface area contributed by atoms with Crippen molar-refractivity contribution in [2.45, 2.75) is 19.5 Å². The summed E-state index contributed by atoms with van der Waals surface area (Å²) >= 11 is 0. The van der Waals surface area contributed by atoms with Crippen LogP contribution in [0.15, 0.2) is 18.2 Å². The number of unbranched alkanes of at least 4 members (excludes halogenated alkanes) is 1. The first-order valence-electron chi connectivity index (χ1n) is 7.55. The van der Waals surface area contributed by atoms with Crippen molar-refractivity contribution >= 4 is 5.69 Å². The largest absolute Gasteiger partial charge is 0.368 e. The lowest BCUT2D eigenvalue weighted by Crippen LogP contribution is -2.47. The minimum Gasteiger partial charge on any atom is -0.368 e. The summed E-state index contributed by atoms with van der Waals surface area (Å²) in [6, 6.07) is 7.59. The van der Waals surface area contributed by atoms with E-state index >= 15 is 0 Å². The lowest BCUT2D eigenvalue weighted by Gasteiger charge is -2.36. The van der Waals surface area contributed by atoms with Crippen LogP contribution < -0.4 is 10.6 Å². The molecule has 1 heterocycles. The summed E-state index contributed by atoms with van der Waals surface area (Å²) in [6.45, 7) is 4.97. The molecule has 0 aliphatic carbocycles. The molecule has 0 aromatic heterocycles. The second-order valence-corrected chi connectivity index (χ2v) is 5.38. The molecule has 0 unspecified atom stereocenters. The minimum absolute atomic E-state index is 0.483. The number of benzene rings is 1. The molecule has 0 bridgehead atoms. The molecule has 2 rings (SSSR count). The first-order valence-corrected chi connectivity index (χ1v) is 7.55. The lowest BCUT2D eigenvalue weighted by atomic mass is 10.1. The Labute approximate surface area is 125 Å². The van der Waals surface area contributed by atoms with Crippen LogP contribution in [0.25, 0.3) is 0 Å². The number of halogens is 1. The molecule has 21 heavy (non-hydrogen) atoms. The van der Waals surface area contributed by atoms with Gasteiger partial charge in [0.2, 0.25) is 0 Å². The summed E-state index contributed by atoms with van der Waals surface area (Å²) in [5.74, 6) is 0. The summed E-state index contributed by atoms with van der Waals surface area (Å²) in [6.07, 6.45) is 2.20. The normalized spacial score (nSPS) is 16.0. The van der Waals surface area contributed by atoms with E-state index in [9.17, 15) is 9.65 Å². The maximum absolute atomic E-state index is 13.0. The van der Waals surface area contributed by atoms with Crippen molar-refractivity contribution in [1.29, 1.82) is 5.26 Å². The molecule has 0 amide bonds. The van der Waals surface area contributed by atoms with Crippen LogP contribution in [-0.4, -0.2) is 44.2 Å². The molecule has 4 nitrogen and oxygen atoms in total. The second kappa shape index (κ2) is 7.96. The van der Waals surface area contributed by atoms with Gasteiger partial charge in [-0.05, 0) is 32.0 Å². The fourth-order valence-corrected chi connectivity index (χ4v) is 2.78. The van der Waals surface area contributed by atoms with Crippen LogP contribution in [0.2, 0.25) is 0 Å². The fraction of sp³-hybridized carbons (Fsp3) is 0.562. The predicted octanol–water partition coefficient (Wildman–Crippen LogP) is 1.89. The van der Waals surface area contributed by atoms with Crippen LogP contribution >= 0.6 is 0 Å². The topological polar surface area (TPSA) is 56.3 Å². The second-order valence-electron chi connectivity index (χ2n) is 5.38. The minimum atomic E-state index is -0.588. The molecule has 0 spiro atoms. The highest BCUT2D eigenvalue weighted by atomic mass is 19.1. The number of hydrogen-bond donors (Lipinski definition) is 1. The highest BCUT2D eigenvalue weighted by Gasteiger charge is 2.20. The molecule has 1 aromatic rings. The van der Waals surface area contributed by atoms with Crippen molar-refractivity contribution in [3.05, 3.63) is 29.3 Å². The summed E-state index contributed by atoms with van der Waals surface area (Å²) in [7, 11) is 0. The van der Waals surface area contributed by atoms with Crippen molar-refractivity contribution < 1.29 is 4.39 Å². The van der Waals surface area contributed by atoms with Crippen LogP contribution in [0, 0.1) is 11.3 Å². The summed E-state index contributed by atoms with van der Waals surface area (Å²) in [5.41, 5.74) is 7.35. The van der Waals surface area contributed by atoms with E-state index in [0.29, 0.717) is 11.1 Å². The molecule has 1 aromatic carbocycles. The molecule has 1 fully saturated rings. The SMILES string of the molecule is N#Cc1c(CF)cccc1N1CCN(CCCCN)CC1. The van der Waals surface area contributed by atoms with Gasteiger partial charge in [0.25, 0.3) is 0 Å². The molecule has 2 N–H and O–H groups in total. The number of nitrogens with two attached hydrogens (primary N) is 1. The molecular formula is C16H23FN4. The molecular weight excluding hydrogens is 267 g/mol. The van der Waals surface area contributed by atoms with Gasteiger partial charge in [0.15, 0.2) is 0 Å². The quantitative estimate of drug-likeness (QED) is 0.813. The van der Waals surface area contributed by atoms with Crippen molar-refractivity contribution in [3.63, 3.8) is 0 Å². The van der Waals surface area contributed by atoms with E-state index in [0.717, 1.165) is 57.8 Å². The number of nitriles is 1. The number of nitrogens with zero attached hydrogens (tertiary/aromatic N) is 3. The first-order chi connectivity index (χ1) is 10.3. The Kier molecular flexibility index (Phi) is 5.97. The van der Waals surface area contributed by atoms with Gasteiger partial charge in [-0.2, -0.15) is 5.26 Å². The third kappa shape index (κ3) is 3.93. The third-order valence-electron chi connectivity index (χ3n) is 4.03. The number of anilines is 1. The van der Waals surface area contributed by atoms with Crippen molar-refractivity contribution in [3.8, 4) is 6.07 Å². The number of hydrogen-bond acceptors (Lipinski definition) is 4. The summed E-state index contributed by atoms with van der Waals surface area (Å²) < 4.78 is 13.0. The van der Waals surface area contributed by atoms with Crippen LogP contribution in [0.5, 0.6) is 0 Å². The van der Waals surface area contributed by atoms with Crippen molar-refractivity contribution in [2.75, 3.05) is 44.2 Å². The van der Waals surface area contributed by atoms with E-state index in [1.54, 1.807) is 6.07 Å². The van der Waals surface area contributed by atoms with E-state index in [1.165, 1.54) is 0 Å². The maximum atomic E-state index is 13.0. The summed E-state index contributed by atoms with van der Waals surface area (Å²) in [5, 5.41) is 9.29. The highest BCUT2D eigenvalue weighted by Crippen LogP contribution is 2.25. The molecule has 1 aliphatic heterocycles. The van der Waals surface area contributed by atoms with E-state index in [4.69, 9.17) is 5.73 Å². The van der Waals surface area contributed by atoms with Crippen LogP contribution in [0.4, 0.5) is 10.1 Å². The van der Waals surface area contributed by atoms with E-state index in [1.807, 2.05) is 12.1 Å². The average molecular weight is 290 g/mol. The summed E-state index contributed by atoms with van der Waals surface area (Å²) in [4.78, 5) is 4.62. The Hall–Kier alpha value is -1.64. The average Bonchev–Trinajstić information content (AvgIpc) is 2.55. The molecule has 114 valence electrons. The zero-order valence-corrected chi connectivity index (χ0v) is 12.4. The Balaban J connectivity index is 1.98. The Morgan fingerprint density at radius 1 is 1.19 bits per heavy atom. The standard InChI is InChI=1S/C16H23FN4/c17-12-14-4-3-5-16(15(14)13-19)21-10-8-20(9-11-21)7-2-1-6-18/h3-5H,1-2,6-12,18H2. The molecule has 5 heteroatoms. The van der Waals surface area contributed by atoms with Crippen molar-refractivity contribution in [2.24, 2.45) is 5.73 Å². The van der Waals surface area contributed by atoms with Gasteiger partial charge >= 0.3 is 0 Å². The molecule has 0 radical (unpaired) electrons. The van der Waals surface area contributed by atoms with Crippen molar-refractivity contribution in [1.82, 2.24) is 4.90 Å². The van der Waals surface area contributed by atoms with Crippen LogP contribution in [0.1, 0.15) is 24.0 Å². The highest BCUT2D eigenvalue weighted by molar-refractivity contribution is 5.62. The van der Waals surface area contributed by atoms with Gasteiger partial charge < -0.3 is 10.6 Å². The monoisotopic (exact) mass is 290 g/mol. The smallest absolute Gasteiger partial charge is 0.116 e. The van der Waals surface area contributed by atoms with Gasteiger partial charge in [0, 0.05) is 31.7 Å². The van der Waals surface area contributed by atoms with Crippen LogP contribution in [0.3, 0.4) is 0 Å². The van der Waals surface area contributed by atoms with E-state index in [2.05, 4.69) is 15.9 Å². The molecule has 0 atom stereocenters. The number of rotatable bonds is 6. The fourth-order valence-electron chi connectivity index (χ4n) is 2.78. The van der Waals surface area contributed by atoms with Gasteiger partial charge in [0.1, 0.15) is 12.7 Å². The molecule has 1 saturated heterocycles. The maximum Gasteiger partial charge on any atom is 0.116 e.